The van der Waals surface area contributed by atoms with Crippen molar-refractivity contribution in [2.24, 2.45) is 0 Å². The minimum Gasteiger partial charge on any atom is -0.394 e. The Morgan fingerprint density at radius 1 is 1.67 bits per heavy atom. The highest BCUT2D eigenvalue weighted by atomic mass is 32.2. The Labute approximate surface area is 106 Å². The molecule has 1 unspecified atom stereocenters. The number of hydrogen-bond acceptors (Lipinski definition) is 5. The number of aliphatic hydroxyl groups excluding tert-OH is 1. The zero-order valence-electron chi connectivity index (χ0n) is 10.2. The van der Waals surface area contributed by atoms with E-state index in [1.54, 1.807) is 0 Å². The molecule has 7 nitrogen and oxygen atoms in total. The van der Waals surface area contributed by atoms with Gasteiger partial charge in [0.1, 0.15) is 4.90 Å². The highest BCUT2D eigenvalue weighted by molar-refractivity contribution is 7.89. The van der Waals surface area contributed by atoms with Crippen LogP contribution >= 0.6 is 0 Å². The van der Waals surface area contributed by atoms with Gasteiger partial charge in [-0.1, -0.05) is 0 Å². The lowest BCUT2D eigenvalue weighted by Crippen LogP contribution is -2.46. The van der Waals surface area contributed by atoms with Crippen molar-refractivity contribution >= 4 is 10.0 Å². The summed E-state index contributed by atoms with van der Waals surface area (Å²) in [5.74, 6) is 0. The summed E-state index contributed by atoms with van der Waals surface area (Å²) in [6, 6.07) is 0. The third-order valence-corrected chi connectivity index (χ3v) is 4.44. The van der Waals surface area contributed by atoms with Crippen molar-refractivity contribution in [2.75, 3.05) is 19.8 Å². The molecule has 1 atom stereocenters. The summed E-state index contributed by atoms with van der Waals surface area (Å²) in [4.78, 5) is 0.101. The second kappa shape index (κ2) is 4.96. The van der Waals surface area contributed by atoms with Crippen molar-refractivity contribution in [2.45, 2.75) is 30.3 Å². The van der Waals surface area contributed by atoms with Crippen molar-refractivity contribution in [3.63, 3.8) is 0 Å². The predicted molar refractivity (Wildman–Crippen MR) is 63.5 cm³/mol. The van der Waals surface area contributed by atoms with E-state index in [9.17, 15) is 8.42 Å². The molecule has 0 saturated carbocycles. The van der Waals surface area contributed by atoms with Crippen LogP contribution in [0.2, 0.25) is 0 Å². The van der Waals surface area contributed by atoms with Gasteiger partial charge in [0.15, 0.2) is 0 Å². The lowest BCUT2D eigenvalue weighted by Gasteiger charge is -2.22. The van der Waals surface area contributed by atoms with E-state index in [1.165, 1.54) is 17.1 Å². The number of rotatable bonds is 5. The molecular formula is C10H17N3O4S. The number of aliphatic hydroxyl groups is 1. The fourth-order valence-electron chi connectivity index (χ4n) is 1.84. The monoisotopic (exact) mass is 275 g/mol. The van der Waals surface area contributed by atoms with E-state index in [1.807, 2.05) is 6.92 Å². The summed E-state index contributed by atoms with van der Waals surface area (Å²) in [5, 5.41) is 12.6. The molecule has 2 N–H and O–H groups in total. The first-order chi connectivity index (χ1) is 8.45. The van der Waals surface area contributed by atoms with Crippen LogP contribution in [-0.4, -0.2) is 48.7 Å². The van der Waals surface area contributed by atoms with Gasteiger partial charge in [-0.15, -0.1) is 0 Å². The largest absolute Gasteiger partial charge is 0.394 e. The van der Waals surface area contributed by atoms with Crippen LogP contribution in [0.5, 0.6) is 0 Å². The molecule has 0 aromatic carbocycles. The van der Waals surface area contributed by atoms with Crippen LogP contribution in [0.4, 0.5) is 0 Å². The predicted octanol–water partition coefficient (Wildman–Crippen LogP) is -0.667. The maximum atomic E-state index is 12.1. The lowest BCUT2D eigenvalue weighted by atomic mass is 10.0. The number of aromatic nitrogens is 2. The highest BCUT2D eigenvalue weighted by Crippen LogP contribution is 2.20. The lowest BCUT2D eigenvalue weighted by molar-refractivity contribution is 0.178. The molecule has 2 heterocycles. The minimum absolute atomic E-state index is 0.0832. The van der Waals surface area contributed by atoms with E-state index in [0.29, 0.717) is 19.6 Å². The topological polar surface area (TPSA) is 93.5 Å². The van der Waals surface area contributed by atoms with Gasteiger partial charge < -0.3 is 9.84 Å². The van der Waals surface area contributed by atoms with Crippen molar-refractivity contribution in [1.82, 2.24) is 14.5 Å². The molecule has 8 heteroatoms. The SMILES string of the molecule is CC1(NS(=O)(=O)c2cnn(CCO)c2)CCOC1. The average molecular weight is 275 g/mol. The number of hydrogen-bond donors (Lipinski definition) is 2. The molecule has 0 amide bonds. The van der Waals surface area contributed by atoms with E-state index in [-0.39, 0.29) is 18.0 Å². The summed E-state index contributed by atoms with van der Waals surface area (Å²) in [6.07, 6.45) is 3.33. The van der Waals surface area contributed by atoms with E-state index in [2.05, 4.69) is 9.82 Å². The van der Waals surface area contributed by atoms with Crippen LogP contribution in [-0.2, 0) is 21.3 Å². The molecule has 2 rings (SSSR count). The van der Waals surface area contributed by atoms with Gasteiger partial charge in [0.2, 0.25) is 10.0 Å². The van der Waals surface area contributed by atoms with Gasteiger partial charge in [0.25, 0.3) is 0 Å². The molecule has 0 radical (unpaired) electrons. The highest BCUT2D eigenvalue weighted by Gasteiger charge is 2.34. The zero-order chi connectivity index (χ0) is 13.2. The normalized spacial score (nSPS) is 24.6. The molecule has 0 aliphatic carbocycles. The third-order valence-electron chi connectivity index (χ3n) is 2.85. The molecule has 18 heavy (non-hydrogen) atoms. The van der Waals surface area contributed by atoms with Gasteiger partial charge in [-0.2, -0.15) is 5.10 Å². The molecule has 0 bridgehead atoms. The van der Waals surface area contributed by atoms with Crippen LogP contribution in [0.25, 0.3) is 0 Å². The molecule has 1 fully saturated rings. The van der Waals surface area contributed by atoms with Crippen molar-refractivity contribution in [3.05, 3.63) is 12.4 Å². The molecule has 1 aromatic heterocycles. The fourth-order valence-corrected chi connectivity index (χ4v) is 3.21. The van der Waals surface area contributed by atoms with Crippen LogP contribution < -0.4 is 4.72 Å². The van der Waals surface area contributed by atoms with Crippen molar-refractivity contribution in [3.8, 4) is 0 Å². The van der Waals surface area contributed by atoms with Crippen molar-refractivity contribution in [1.29, 1.82) is 0 Å². The molecular weight excluding hydrogens is 258 g/mol. The van der Waals surface area contributed by atoms with E-state index < -0.39 is 15.6 Å². The minimum atomic E-state index is -3.59. The van der Waals surface area contributed by atoms with Crippen LogP contribution in [0, 0.1) is 0 Å². The van der Waals surface area contributed by atoms with Gasteiger partial charge in [0, 0.05) is 12.8 Å². The molecule has 1 aliphatic heterocycles. The van der Waals surface area contributed by atoms with Gasteiger partial charge in [-0.3, -0.25) is 4.68 Å². The Kier molecular flexibility index (Phi) is 3.71. The van der Waals surface area contributed by atoms with Gasteiger partial charge >= 0.3 is 0 Å². The van der Waals surface area contributed by atoms with Crippen LogP contribution in [0.3, 0.4) is 0 Å². The summed E-state index contributed by atoms with van der Waals surface area (Å²) < 4.78 is 33.5. The third kappa shape index (κ3) is 2.89. The van der Waals surface area contributed by atoms with Crippen molar-refractivity contribution < 1.29 is 18.3 Å². The van der Waals surface area contributed by atoms with Gasteiger partial charge in [-0.25, -0.2) is 13.1 Å². The Hall–Kier alpha value is -0.960. The molecule has 102 valence electrons. The molecule has 1 aliphatic rings. The Morgan fingerprint density at radius 3 is 3.06 bits per heavy atom. The standard InChI is InChI=1S/C10H17N3O4S/c1-10(2-5-17-8-10)12-18(15,16)9-6-11-13(7-9)3-4-14/h6-7,12,14H,2-5,8H2,1H3. The number of nitrogens with one attached hydrogen (secondary N) is 1. The maximum Gasteiger partial charge on any atom is 0.244 e. The van der Waals surface area contributed by atoms with Crippen LogP contribution in [0.1, 0.15) is 13.3 Å². The van der Waals surface area contributed by atoms with Gasteiger partial charge in [0.05, 0.1) is 31.5 Å². The Morgan fingerprint density at radius 2 is 2.44 bits per heavy atom. The number of sulfonamides is 1. The summed E-state index contributed by atoms with van der Waals surface area (Å²) >= 11 is 0. The number of nitrogens with zero attached hydrogens (tertiary/aromatic N) is 2. The first kappa shape index (κ1) is 13.5. The second-order valence-electron chi connectivity index (χ2n) is 4.63. The number of ether oxygens (including phenoxy) is 1. The maximum absolute atomic E-state index is 12.1. The average Bonchev–Trinajstić information content (AvgIpc) is 2.87. The van der Waals surface area contributed by atoms with Gasteiger partial charge in [-0.05, 0) is 13.3 Å². The Balaban J connectivity index is 2.14. The quantitative estimate of drug-likeness (QED) is 0.743. The molecule has 1 aromatic rings. The molecule has 1 saturated heterocycles. The molecule has 0 spiro atoms. The van der Waals surface area contributed by atoms with Crippen LogP contribution in [0.15, 0.2) is 17.3 Å². The van der Waals surface area contributed by atoms with E-state index in [4.69, 9.17) is 9.84 Å². The van der Waals surface area contributed by atoms with E-state index >= 15 is 0 Å². The Bertz CT molecular complexity index is 505. The first-order valence-corrected chi connectivity index (χ1v) is 7.19. The fraction of sp³-hybridized carbons (Fsp3) is 0.700. The second-order valence-corrected chi connectivity index (χ2v) is 6.31. The summed E-state index contributed by atoms with van der Waals surface area (Å²) in [7, 11) is -3.59. The first-order valence-electron chi connectivity index (χ1n) is 5.70. The van der Waals surface area contributed by atoms with E-state index in [0.717, 1.165) is 0 Å². The summed E-state index contributed by atoms with van der Waals surface area (Å²) in [5.41, 5.74) is -0.558. The smallest absolute Gasteiger partial charge is 0.244 e. The zero-order valence-corrected chi connectivity index (χ0v) is 11.0. The summed E-state index contributed by atoms with van der Waals surface area (Å²) in [6.45, 7) is 2.94.